The second-order valence-electron chi connectivity index (χ2n) is 4.49. The van der Waals surface area contributed by atoms with E-state index in [4.69, 9.17) is 4.74 Å². The molecule has 0 spiro atoms. The summed E-state index contributed by atoms with van der Waals surface area (Å²) < 4.78 is 10.2. The minimum Gasteiger partial charge on any atom is -0.491 e. The highest BCUT2D eigenvalue weighted by molar-refractivity contribution is 6.03. The first-order valence-corrected chi connectivity index (χ1v) is 6.21. The first kappa shape index (κ1) is 13.9. The molecule has 0 fully saturated rings. The Morgan fingerprint density at radius 1 is 1.15 bits per heavy atom. The van der Waals surface area contributed by atoms with Crippen molar-refractivity contribution in [3.05, 3.63) is 58.6 Å². The quantitative estimate of drug-likeness (QED) is 0.929. The van der Waals surface area contributed by atoms with Gasteiger partial charge in [-0.1, -0.05) is 0 Å². The van der Waals surface area contributed by atoms with Gasteiger partial charge < -0.3 is 14.5 Å². The number of hydrogen-bond donors (Lipinski definition) is 1. The van der Waals surface area contributed by atoms with Crippen LogP contribution in [0, 0.1) is 0 Å². The van der Waals surface area contributed by atoms with Gasteiger partial charge in [0.2, 0.25) is 0 Å². The standard InChI is InChI=1S/C15H15NO4/c1-10(2)20-13-6-4-12(5-7-13)16-15(18)11-3-8-14(17)19-9-11/h3-10H,1-2H3,(H,16,18). The Balaban J connectivity index is 2.04. The summed E-state index contributed by atoms with van der Waals surface area (Å²) in [5, 5.41) is 2.70. The molecule has 1 aromatic heterocycles. The van der Waals surface area contributed by atoms with E-state index in [1.165, 1.54) is 12.1 Å². The predicted octanol–water partition coefficient (Wildman–Crippen LogP) is 2.68. The Labute approximate surface area is 116 Å². The molecule has 0 aliphatic carbocycles. The molecule has 5 heteroatoms. The van der Waals surface area contributed by atoms with Crippen molar-refractivity contribution in [3.63, 3.8) is 0 Å². The van der Waals surface area contributed by atoms with Gasteiger partial charge in [-0.15, -0.1) is 0 Å². The van der Waals surface area contributed by atoms with Gasteiger partial charge in [-0.25, -0.2) is 4.79 Å². The lowest BCUT2D eigenvalue weighted by atomic mass is 10.2. The van der Waals surface area contributed by atoms with Gasteiger partial charge in [-0.05, 0) is 44.2 Å². The van der Waals surface area contributed by atoms with E-state index in [1.54, 1.807) is 24.3 Å². The van der Waals surface area contributed by atoms with Gasteiger partial charge in [0.1, 0.15) is 12.0 Å². The number of amides is 1. The molecular weight excluding hydrogens is 258 g/mol. The van der Waals surface area contributed by atoms with E-state index < -0.39 is 5.63 Å². The minimum absolute atomic E-state index is 0.0997. The number of anilines is 1. The highest BCUT2D eigenvalue weighted by Gasteiger charge is 2.07. The molecule has 0 saturated carbocycles. The summed E-state index contributed by atoms with van der Waals surface area (Å²) in [5.74, 6) is 0.398. The molecule has 20 heavy (non-hydrogen) atoms. The van der Waals surface area contributed by atoms with E-state index in [2.05, 4.69) is 9.73 Å². The lowest BCUT2D eigenvalue weighted by Gasteiger charge is -2.10. The minimum atomic E-state index is -0.489. The normalized spacial score (nSPS) is 10.3. The van der Waals surface area contributed by atoms with Gasteiger partial charge in [0.05, 0.1) is 11.7 Å². The first-order chi connectivity index (χ1) is 9.54. The average molecular weight is 273 g/mol. The van der Waals surface area contributed by atoms with Crippen LogP contribution < -0.4 is 15.7 Å². The average Bonchev–Trinajstić information content (AvgIpc) is 2.41. The maximum Gasteiger partial charge on any atom is 0.335 e. The third-order valence-electron chi connectivity index (χ3n) is 2.45. The van der Waals surface area contributed by atoms with Crippen LogP contribution in [-0.4, -0.2) is 12.0 Å². The van der Waals surface area contributed by atoms with Crippen LogP contribution in [0.15, 0.2) is 51.9 Å². The van der Waals surface area contributed by atoms with Crippen LogP contribution in [0.2, 0.25) is 0 Å². The number of benzene rings is 1. The van der Waals surface area contributed by atoms with Crippen molar-refractivity contribution in [1.82, 2.24) is 0 Å². The van der Waals surface area contributed by atoms with E-state index in [1.807, 2.05) is 13.8 Å². The summed E-state index contributed by atoms with van der Waals surface area (Å²) in [6, 6.07) is 9.66. The van der Waals surface area contributed by atoms with E-state index in [-0.39, 0.29) is 17.6 Å². The number of rotatable bonds is 4. The first-order valence-electron chi connectivity index (χ1n) is 6.21. The molecule has 2 rings (SSSR count). The lowest BCUT2D eigenvalue weighted by molar-refractivity contribution is 0.102. The molecule has 1 aromatic carbocycles. The van der Waals surface area contributed by atoms with Crippen molar-refractivity contribution in [2.75, 3.05) is 5.32 Å². The zero-order chi connectivity index (χ0) is 14.5. The molecule has 1 heterocycles. The number of carbonyl (C=O) groups is 1. The summed E-state index contributed by atoms with van der Waals surface area (Å²) >= 11 is 0. The summed E-state index contributed by atoms with van der Waals surface area (Å²) in [5.41, 5.74) is 0.432. The fourth-order valence-corrected chi connectivity index (χ4v) is 1.58. The van der Waals surface area contributed by atoms with Crippen molar-refractivity contribution in [1.29, 1.82) is 0 Å². The van der Waals surface area contributed by atoms with Crippen molar-refractivity contribution < 1.29 is 13.9 Å². The second-order valence-corrected chi connectivity index (χ2v) is 4.49. The van der Waals surface area contributed by atoms with Gasteiger partial charge in [-0.2, -0.15) is 0 Å². The zero-order valence-electron chi connectivity index (χ0n) is 11.3. The smallest absolute Gasteiger partial charge is 0.335 e. The molecule has 104 valence electrons. The van der Waals surface area contributed by atoms with Crippen LogP contribution in [0.4, 0.5) is 5.69 Å². The van der Waals surface area contributed by atoms with E-state index >= 15 is 0 Å². The fourth-order valence-electron chi connectivity index (χ4n) is 1.58. The predicted molar refractivity (Wildman–Crippen MR) is 75.1 cm³/mol. The molecule has 5 nitrogen and oxygen atoms in total. The van der Waals surface area contributed by atoms with Gasteiger partial charge >= 0.3 is 5.63 Å². The number of ether oxygens (including phenoxy) is 1. The van der Waals surface area contributed by atoms with Crippen LogP contribution in [0.1, 0.15) is 24.2 Å². The Kier molecular flexibility index (Phi) is 4.20. The van der Waals surface area contributed by atoms with Crippen LogP contribution in [-0.2, 0) is 0 Å². The lowest BCUT2D eigenvalue weighted by Crippen LogP contribution is -2.13. The van der Waals surface area contributed by atoms with E-state index in [9.17, 15) is 9.59 Å². The molecular formula is C15H15NO4. The fraction of sp³-hybridized carbons (Fsp3) is 0.200. The number of hydrogen-bond acceptors (Lipinski definition) is 4. The van der Waals surface area contributed by atoms with E-state index in [0.29, 0.717) is 5.69 Å². The molecule has 0 saturated heterocycles. The summed E-state index contributed by atoms with van der Waals surface area (Å²) in [7, 11) is 0. The van der Waals surface area contributed by atoms with Gasteiger partial charge in [-0.3, -0.25) is 4.79 Å². The molecule has 2 aromatic rings. The number of carbonyl (C=O) groups excluding carboxylic acids is 1. The number of nitrogens with one attached hydrogen (secondary N) is 1. The molecule has 0 aliphatic heterocycles. The largest absolute Gasteiger partial charge is 0.491 e. The van der Waals surface area contributed by atoms with Crippen LogP contribution in [0.3, 0.4) is 0 Å². The monoisotopic (exact) mass is 273 g/mol. The Morgan fingerprint density at radius 2 is 1.85 bits per heavy atom. The molecule has 0 radical (unpaired) electrons. The van der Waals surface area contributed by atoms with Crippen molar-refractivity contribution in [2.45, 2.75) is 20.0 Å². The van der Waals surface area contributed by atoms with Gasteiger partial charge in [0.15, 0.2) is 0 Å². The van der Waals surface area contributed by atoms with Gasteiger partial charge in [0.25, 0.3) is 5.91 Å². The molecule has 1 amide bonds. The topological polar surface area (TPSA) is 68.5 Å². The third kappa shape index (κ3) is 3.71. The summed E-state index contributed by atoms with van der Waals surface area (Å²) in [6.07, 6.45) is 1.23. The van der Waals surface area contributed by atoms with Crippen LogP contribution >= 0.6 is 0 Å². The molecule has 0 atom stereocenters. The molecule has 0 unspecified atom stereocenters. The van der Waals surface area contributed by atoms with Crippen LogP contribution in [0.25, 0.3) is 0 Å². The highest BCUT2D eigenvalue weighted by atomic mass is 16.5. The Morgan fingerprint density at radius 3 is 2.40 bits per heavy atom. The zero-order valence-corrected chi connectivity index (χ0v) is 11.3. The summed E-state index contributed by atoms with van der Waals surface area (Å²) in [6.45, 7) is 3.89. The van der Waals surface area contributed by atoms with Crippen molar-refractivity contribution >= 4 is 11.6 Å². The maximum absolute atomic E-state index is 11.9. The highest BCUT2D eigenvalue weighted by Crippen LogP contribution is 2.17. The Bertz CT molecular complexity index is 623. The second kappa shape index (κ2) is 6.06. The Hall–Kier alpha value is -2.56. The molecule has 1 N–H and O–H groups in total. The SMILES string of the molecule is CC(C)Oc1ccc(NC(=O)c2ccc(=O)oc2)cc1. The third-order valence-corrected chi connectivity index (χ3v) is 2.45. The van der Waals surface area contributed by atoms with E-state index in [0.717, 1.165) is 12.0 Å². The van der Waals surface area contributed by atoms with Crippen LogP contribution in [0.5, 0.6) is 5.75 Å². The molecule has 0 aliphatic rings. The maximum atomic E-state index is 11.9. The van der Waals surface area contributed by atoms with Gasteiger partial charge in [0, 0.05) is 11.8 Å². The summed E-state index contributed by atoms with van der Waals surface area (Å²) in [4.78, 5) is 22.7. The molecule has 0 bridgehead atoms. The van der Waals surface area contributed by atoms with Crippen molar-refractivity contribution in [2.24, 2.45) is 0 Å². The van der Waals surface area contributed by atoms with Crippen molar-refractivity contribution in [3.8, 4) is 5.75 Å².